The number of hydrogen-bond donors (Lipinski definition) is 3. The Labute approximate surface area is 130 Å². The lowest BCUT2D eigenvalue weighted by atomic mass is 10.1. The number of nitrogens with one attached hydrogen (secondary N) is 1. The quantitative estimate of drug-likeness (QED) is 0.656. The zero-order valence-electron chi connectivity index (χ0n) is 13.0. The minimum Gasteiger partial charge on any atom is -0.492 e. The first kappa shape index (κ1) is 16.7. The molecule has 22 heavy (non-hydrogen) atoms. The van der Waals surface area contributed by atoms with E-state index in [0.717, 1.165) is 6.54 Å². The van der Waals surface area contributed by atoms with Gasteiger partial charge in [-0.25, -0.2) is 0 Å². The molecule has 122 valence electrons. The molecule has 0 saturated heterocycles. The zero-order valence-corrected chi connectivity index (χ0v) is 13.0. The number of aliphatic hydroxyl groups is 2. The number of benzene rings is 1. The van der Waals surface area contributed by atoms with Gasteiger partial charge in [0, 0.05) is 19.2 Å². The molecular formula is C16H24N2O4. The van der Waals surface area contributed by atoms with Crippen molar-refractivity contribution in [3.05, 3.63) is 29.8 Å². The molecule has 1 amide bonds. The third kappa shape index (κ3) is 3.76. The number of nitrogens with zero attached hydrogens (tertiary/aromatic N) is 1. The minimum atomic E-state index is -0.885. The van der Waals surface area contributed by atoms with E-state index in [1.807, 2.05) is 7.05 Å². The monoisotopic (exact) mass is 308 g/mol. The van der Waals surface area contributed by atoms with Gasteiger partial charge in [0.2, 0.25) is 0 Å². The summed E-state index contributed by atoms with van der Waals surface area (Å²) in [6, 6.07) is 6.65. The van der Waals surface area contributed by atoms with Crippen molar-refractivity contribution in [2.24, 2.45) is 0 Å². The summed E-state index contributed by atoms with van der Waals surface area (Å²) >= 11 is 0. The largest absolute Gasteiger partial charge is 0.492 e. The molecule has 1 fully saturated rings. The van der Waals surface area contributed by atoms with E-state index >= 15 is 0 Å². The predicted octanol–water partition coefficient (Wildman–Crippen LogP) is 0.241. The summed E-state index contributed by atoms with van der Waals surface area (Å²) in [4.78, 5) is 14.0. The summed E-state index contributed by atoms with van der Waals surface area (Å²) in [7, 11) is 3.50. The highest BCUT2D eigenvalue weighted by atomic mass is 16.5. The van der Waals surface area contributed by atoms with Crippen LogP contribution in [0, 0.1) is 0 Å². The Morgan fingerprint density at radius 2 is 2.18 bits per heavy atom. The molecule has 3 N–H and O–H groups in total. The molecule has 1 aliphatic carbocycles. The van der Waals surface area contributed by atoms with Gasteiger partial charge in [-0.3, -0.25) is 4.79 Å². The SMILES string of the molecule is CNCCOc1cccc(C(=O)N(C)[C@@H]2CC[C@@H](O)[C@@H]2O)c1. The average Bonchev–Trinajstić information content (AvgIpc) is 2.86. The lowest BCUT2D eigenvalue weighted by Crippen LogP contribution is -2.44. The molecule has 0 aliphatic heterocycles. The number of amides is 1. The molecule has 1 aromatic carbocycles. The Kier molecular flexibility index (Phi) is 5.76. The Balaban J connectivity index is 2.04. The van der Waals surface area contributed by atoms with Crippen molar-refractivity contribution in [3.63, 3.8) is 0 Å². The van der Waals surface area contributed by atoms with Gasteiger partial charge in [0.1, 0.15) is 18.5 Å². The highest BCUT2D eigenvalue weighted by molar-refractivity contribution is 5.94. The predicted molar refractivity (Wildman–Crippen MR) is 83.0 cm³/mol. The van der Waals surface area contributed by atoms with Gasteiger partial charge in [-0.1, -0.05) is 6.07 Å². The molecular weight excluding hydrogens is 284 g/mol. The van der Waals surface area contributed by atoms with Crippen LogP contribution in [0.4, 0.5) is 0 Å². The van der Waals surface area contributed by atoms with Gasteiger partial charge in [0.05, 0.1) is 12.1 Å². The lowest BCUT2D eigenvalue weighted by molar-refractivity contribution is 0.00657. The number of carbonyl (C=O) groups is 1. The summed E-state index contributed by atoms with van der Waals surface area (Å²) in [6.07, 6.45) is -0.528. The Morgan fingerprint density at radius 3 is 2.82 bits per heavy atom. The third-order valence-electron chi connectivity index (χ3n) is 4.07. The molecule has 0 spiro atoms. The van der Waals surface area contributed by atoms with E-state index in [9.17, 15) is 15.0 Å². The van der Waals surface area contributed by atoms with Crippen LogP contribution in [0.25, 0.3) is 0 Å². The van der Waals surface area contributed by atoms with Crippen molar-refractivity contribution in [1.29, 1.82) is 0 Å². The molecule has 1 aliphatic rings. The lowest BCUT2D eigenvalue weighted by Gasteiger charge is -2.28. The maximum Gasteiger partial charge on any atom is 0.254 e. The van der Waals surface area contributed by atoms with Gasteiger partial charge in [-0.2, -0.15) is 0 Å². The molecule has 6 nitrogen and oxygen atoms in total. The first-order chi connectivity index (χ1) is 10.5. The second-order valence-electron chi connectivity index (χ2n) is 5.60. The van der Waals surface area contributed by atoms with Crippen LogP contribution in [-0.2, 0) is 0 Å². The number of hydrogen-bond acceptors (Lipinski definition) is 5. The normalized spacial score (nSPS) is 24.3. The van der Waals surface area contributed by atoms with Crippen LogP contribution >= 0.6 is 0 Å². The van der Waals surface area contributed by atoms with E-state index in [4.69, 9.17) is 4.74 Å². The smallest absolute Gasteiger partial charge is 0.254 e. The van der Waals surface area contributed by atoms with Crippen LogP contribution in [0.5, 0.6) is 5.75 Å². The van der Waals surface area contributed by atoms with E-state index in [1.165, 1.54) is 4.90 Å². The molecule has 3 atom stereocenters. The maximum atomic E-state index is 12.5. The average molecular weight is 308 g/mol. The van der Waals surface area contributed by atoms with E-state index in [2.05, 4.69) is 5.32 Å². The van der Waals surface area contributed by atoms with Crippen LogP contribution in [0.15, 0.2) is 24.3 Å². The number of rotatable bonds is 6. The number of ether oxygens (including phenoxy) is 1. The molecule has 1 saturated carbocycles. The van der Waals surface area contributed by atoms with Crippen molar-refractivity contribution < 1.29 is 19.7 Å². The van der Waals surface area contributed by atoms with Crippen molar-refractivity contribution >= 4 is 5.91 Å². The number of carbonyl (C=O) groups excluding carboxylic acids is 1. The van der Waals surface area contributed by atoms with Gasteiger partial charge in [-0.05, 0) is 38.1 Å². The first-order valence-corrected chi connectivity index (χ1v) is 7.55. The minimum absolute atomic E-state index is 0.183. The van der Waals surface area contributed by atoms with Crippen LogP contribution in [0.3, 0.4) is 0 Å². The first-order valence-electron chi connectivity index (χ1n) is 7.55. The van der Waals surface area contributed by atoms with Gasteiger partial charge in [0.25, 0.3) is 5.91 Å². The maximum absolute atomic E-state index is 12.5. The fraction of sp³-hybridized carbons (Fsp3) is 0.562. The van der Waals surface area contributed by atoms with Crippen LogP contribution in [0.2, 0.25) is 0 Å². The molecule has 6 heteroatoms. The molecule has 0 heterocycles. The molecule has 0 unspecified atom stereocenters. The van der Waals surface area contributed by atoms with Crippen LogP contribution in [-0.4, -0.2) is 66.5 Å². The summed E-state index contributed by atoms with van der Waals surface area (Å²) in [5.41, 5.74) is 0.512. The fourth-order valence-electron chi connectivity index (χ4n) is 2.71. The molecule has 2 rings (SSSR count). The Bertz CT molecular complexity index is 509. The molecule has 0 radical (unpaired) electrons. The second kappa shape index (κ2) is 7.58. The molecule has 0 aromatic heterocycles. The van der Waals surface area contributed by atoms with E-state index in [1.54, 1.807) is 31.3 Å². The van der Waals surface area contributed by atoms with E-state index < -0.39 is 12.2 Å². The summed E-state index contributed by atoms with van der Waals surface area (Å²) < 4.78 is 5.56. The van der Waals surface area contributed by atoms with Crippen LogP contribution in [0.1, 0.15) is 23.2 Å². The van der Waals surface area contributed by atoms with Crippen LogP contribution < -0.4 is 10.1 Å². The highest BCUT2D eigenvalue weighted by Crippen LogP contribution is 2.25. The summed E-state index contributed by atoms with van der Waals surface area (Å²) in [6.45, 7) is 1.25. The molecule has 1 aromatic rings. The summed E-state index contributed by atoms with van der Waals surface area (Å²) in [5, 5.41) is 22.6. The van der Waals surface area contributed by atoms with Gasteiger partial charge in [0.15, 0.2) is 0 Å². The fourth-order valence-corrected chi connectivity index (χ4v) is 2.71. The van der Waals surface area contributed by atoms with E-state index in [0.29, 0.717) is 30.8 Å². The molecule has 0 bridgehead atoms. The van der Waals surface area contributed by atoms with Crippen molar-refractivity contribution in [2.75, 3.05) is 27.2 Å². The van der Waals surface area contributed by atoms with Crippen molar-refractivity contribution in [1.82, 2.24) is 10.2 Å². The standard InChI is InChI=1S/C16H24N2O4/c1-17-8-9-22-12-5-3-4-11(10-12)16(21)18(2)13-6-7-14(19)15(13)20/h3-5,10,13-15,17,19-20H,6-9H2,1-2H3/t13-,14-,15-/m1/s1. The van der Waals surface area contributed by atoms with E-state index in [-0.39, 0.29) is 11.9 Å². The summed E-state index contributed by atoms with van der Waals surface area (Å²) in [5.74, 6) is 0.457. The van der Waals surface area contributed by atoms with Gasteiger partial charge < -0.3 is 25.2 Å². The Morgan fingerprint density at radius 1 is 1.41 bits per heavy atom. The van der Waals surface area contributed by atoms with Crippen molar-refractivity contribution in [2.45, 2.75) is 31.1 Å². The third-order valence-corrected chi connectivity index (χ3v) is 4.07. The Hall–Kier alpha value is -1.63. The van der Waals surface area contributed by atoms with Crippen molar-refractivity contribution in [3.8, 4) is 5.75 Å². The topological polar surface area (TPSA) is 82.0 Å². The number of aliphatic hydroxyl groups excluding tert-OH is 2. The van der Waals surface area contributed by atoms with Gasteiger partial charge >= 0.3 is 0 Å². The highest BCUT2D eigenvalue weighted by Gasteiger charge is 2.37. The number of likely N-dealkylation sites (N-methyl/N-ethyl adjacent to an activating group) is 2. The van der Waals surface area contributed by atoms with Gasteiger partial charge in [-0.15, -0.1) is 0 Å². The second-order valence-corrected chi connectivity index (χ2v) is 5.60. The zero-order chi connectivity index (χ0) is 16.1.